The van der Waals surface area contributed by atoms with Gasteiger partial charge in [0.25, 0.3) is 5.91 Å². The Morgan fingerprint density at radius 2 is 1.81 bits per heavy atom. The van der Waals surface area contributed by atoms with Crippen LogP contribution in [0.1, 0.15) is 29.3 Å². The second-order valence-electron chi connectivity index (χ2n) is 6.70. The van der Waals surface area contributed by atoms with Crippen LogP contribution in [0.25, 0.3) is 0 Å². The molecule has 0 radical (unpaired) electrons. The molecule has 138 valence electrons. The summed E-state index contributed by atoms with van der Waals surface area (Å²) in [7, 11) is 0. The lowest BCUT2D eigenvalue weighted by Crippen LogP contribution is -2.46. The van der Waals surface area contributed by atoms with Gasteiger partial charge in [-0.1, -0.05) is 19.1 Å². The van der Waals surface area contributed by atoms with Gasteiger partial charge in [-0.3, -0.25) is 9.69 Å². The van der Waals surface area contributed by atoms with E-state index in [1.807, 2.05) is 37.3 Å². The van der Waals surface area contributed by atoms with Gasteiger partial charge in [0, 0.05) is 50.5 Å². The summed E-state index contributed by atoms with van der Waals surface area (Å²) >= 11 is 0. The van der Waals surface area contributed by atoms with E-state index in [1.54, 1.807) is 0 Å². The Kier molecular flexibility index (Phi) is 6.23. The first-order chi connectivity index (χ1) is 12.7. The van der Waals surface area contributed by atoms with Gasteiger partial charge < -0.3 is 10.2 Å². The standard InChI is InChI=1S/C21H26FN3O/c1-2-10-23-21(26)18-5-3-4-17(15-18)16-24-11-13-25(14-12-24)20-8-6-19(22)7-9-20/h3-9,15H,2,10-14,16H2,1H3,(H,23,26). The Morgan fingerprint density at radius 1 is 1.08 bits per heavy atom. The van der Waals surface area contributed by atoms with Crippen LogP contribution in [0, 0.1) is 5.82 Å². The second kappa shape index (κ2) is 8.81. The van der Waals surface area contributed by atoms with E-state index in [0.717, 1.165) is 56.0 Å². The number of halogens is 1. The lowest BCUT2D eigenvalue weighted by molar-refractivity contribution is 0.0953. The first-order valence-corrected chi connectivity index (χ1v) is 9.25. The monoisotopic (exact) mass is 355 g/mol. The number of benzene rings is 2. The van der Waals surface area contributed by atoms with Gasteiger partial charge in [0.1, 0.15) is 5.82 Å². The second-order valence-corrected chi connectivity index (χ2v) is 6.70. The van der Waals surface area contributed by atoms with Crippen molar-refractivity contribution < 1.29 is 9.18 Å². The van der Waals surface area contributed by atoms with E-state index < -0.39 is 0 Å². The molecule has 0 saturated carbocycles. The molecule has 3 rings (SSSR count). The minimum absolute atomic E-state index is 0.00479. The van der Waals surface area contributed by atoms with Crippen LogP contribution in [0.2, 0.25) is 0 Å². The maximum atomic E-state index is 13.1. The highest BCUT2D eigenvalue weighted by Gasteiger charge is 2.17. The number of anilines is 1. The van der Waals surface area contributed by atoms with Gasteiger partial charge in [-0.15, -0.1) is 0 Å². The van der Waals surface area contributed by atoms with Crippen LogP contribution in [0.15, 0.2) is 48.5 Å². The number of piperazine rings is 1. The van der Waals surface area contributed by atoms with Gasteiger partial charge in [0.05, 0.1) is 0 Å². The topological polar surface area (TPSA) is 35.6 Å². The summed E-state index contributed by atoms with van der Waals surface area (Å²) in [6.45, 7) is 7.32. The minimum Gasteiger partial charge on any atom is -0.369 e. The zero-order chi connectivity index (χ0) is 18.4. The number of rotatable bonds is 6. The largest absolute Gasteiger partial charge is 0.369 e. The molecular weight excluding hydrogens is 329 g/mol. The highest BCUT2D eigenvalue weighted by molar-refractivity contribution is 5.94. The summed E-state index contributed by atoms with van der Waals surface area (Å²) in [5, 5.41) is 2.92. The van der Waals surface area contributed by atoms with Crippen LogP contribution >= 0.6 is 0 Å². The van der Waals surface area contributed by atoms with E-state index >= 15 is 0 Å². The van der Waals surface area contributed by atoms with E-state index in [1.165, 1.54) is 12.1 Å². The van der Waals surface area contributed by atoms with Crippen LogP contribution in [0.3, 0.4) is 0 Å². The molecule has 2 aromatic rings. The molecule has 1 aliphatic heterocycles. The number of hydrogen-bond donors (Lipinski definition) is 1. The predicted octanol–water partition coefficient (Wildman–Crippen LogP) is 3.29. The molecule has 1 fully saturated rings. The van der Waals surface area contributed by atoms with Gasteiger partial charge in [-0.25, -0.2) is 4.39 Å². The first-order valence-electron chi connectivity index (χ1n) is 9.25. The Balaban J connectivity index is 1.54. The van der Waals surface area contributed by atoms with Crippen molar-refractivity contribution in [3.63, 3.8) is 0 Å². The van der Waals surface area contributed by atoms with Crippen LogP contribution in [0.5, 0.6) is 0 Å². The maximum absolute atomic E-state index is 13.1. The molecule has 5 heteroatoms. The summed E-state index contributed by atoms with van der Waals surface area (Å²) in [5.41, 5.74) is 2.95. The van der Waals surface area contributed by atoms with Gasteiger partial charge in [0.15, 0.2) is 0 Å². The molecule has 0 bridgehead atoms. The van der Waals surface area contributed by atoms with E-state index in [-0.39, 0.29) is 11.7 Å². The van der Waals surface area contributed by atoms with Crippen molar-refractivity contribution >= 4 is 11.6 Å². The van der Waals surface area contributed by atoms with Gasteiger partial charge in [-0.05, 0) is 48.4 Å². The third-order valence-electron chi connectivity index (χ3n) is 4.69. The Morgan fingerprint density at radius 3 is 2.50 bits per heavy atom. The van der Waals surface area contributed by atoms with Crippen molar-refractivity contribution in [1.29, 1.82) is 0 Å². The minimum atomic E-state index is -0.199. The van der Waals surface area contributed by atoms with Crippen molar-refractivity contribution in [2.45, 2.75) is 19.9 Å². The fraction of sp³-hybridized carbons (Fsp3) is 0.381. The fourth-order valence-corrected chi connectivity index (χ4v) is 3.23. The van der Waals surface area contributed by atoms with E-state index in [2.05, 4.69) is 21.2 Å². The molecule has 1 amide bonds. The first kappa shape index (κ1) is 18.4. The van der Waals surface area contributed by atoms with E-state index in [4.69, 9.17) is 0 Å². The van der Waals surface area contributed by atoms with E-state index in [9.17, 15) is 9.18 Å². The van der Waals surface area contributed by atoms with Crippen molar-refractivity contribution in [2.75, 3.05) is 37.6 Å². The summed E-state index contributed by atoms with van der Waals surface area (Å²) in [5.74, 6) is -0.204. The van der Waals surface area contributed by atoms with Crippen LogP contribution in [-0.2, 0) is 6.54 Å². The summed E-state index contributed by atoms with van der Waals surface area (Å²) in [6, 6.07) is 14.6. The summed E-state index contributed by atoms with van der Waals surface area (Å²) in [6.07, 6.45) is 0.934. The fourth-order valence-electron chi connectivity index (χ4n) is 3.23. The molecule has 26 heavy (non-hydrogen) atoms. The Bertz CT molecular complexity index is 724. The average molecular weight is 355 g/mol. The number of carbonyl (C=O) groups is 1. The smallest absolute Gasteiger partial charge is 0.251 e. The van der Waals surface area contributed by atoms with E-state index in [0.29, 0.717) is 6.54 Å². The number of hydrogen-bond acceptors (Lipinski definition) is 3. The van der Waals surface area contributed by atoms with Crippen LogP contribution in [-0.4, -0.2) is 43.5 Å². The summed E-state index contributed by atoms with van der Waals surface area (Å²) < 4.78 is 13.1. The van der Waals surface area contributed by atoms with Crippen molar-refractivity contribution in [2.24, 2.45) is 0 Å². The Hall–Kier alpha value is -2.40. The van der Waals surface area contributed by atoms with Crippen molar-refractivity contribution in [3.8, 4) is 0 Å². The van der Waals surface area contributed by atoms with Crippen molar-refractivity contribution in [1.82, 2.24) is 10.2 Å². The lowest BCUT2D eigenvalue weighted by Gasteiger charge is -2.36. The molecular formula is C21H26FN3O. The third-order valence-corrected chi connectivity index (χ3v) is 4.69. The highest BCUT2D eigenvalue weighted by Crippen LogP contribution is 2.18. The van der Waals surface area contributed by atoms with Crippen LogP contribution < -0.4 is 10.2 Å². The molecule has 0 unspecified atom stereocenters. The number of amides is 1. The maximum Gasteiger partial charge on any atom is 0.251 e. The molecule has 0 aliphatic carbocycles. The van der Waals surface area contributed by atoms with Crippen molar-refractivity contribution in [3.05, 3.63) is 65.5 Å². The molecule has 1 aliphatic rings. The van der Waals surface area contributed by atoms with Gasteiger partial charge in [-0.2, -0.15) is 0 Å². The lowest BCUT2D eigenvalue weighted by atomic mass is 10.1. The summed E-state index contributed by atoms with van der Waals surface area (Å²) in [4.78, 5) is 16.8. The molecule has 0 atom stereocenters. The molecule has 1 saturated heterocycles. The molecule has 0 aromatic heterocycles. The third kappa shape index (κ3) is 4.82. The van der Waals surface area contributed by atoms with Crippen LogP contribution in [0.4, 0.5) is 10.1 Å². The number of carbonyl (C=O) groups excluding carboxylic acids is 1. The molecule has 2 aromatic carbocycles. The number of nitrogens with one attached hydrogen (secondary N) is 1. The molecule has 0 spiro atoms. The predicted molar refractivity (Wildman–Crippen MR) is 103 cm³/mol. The van der Waals surface area contributed by atoms with Gasteiger partial charge >= 0.3 is 0 Å². The molecule has 4 nitrogen and oxygen atoms in total. The van der Waals surface area contributed by atoms with Gasteiger partial charge in [0.2, 0.25) is 0 Å². The highest BCUT2D eigenvalue weighted by atomic mass is 19.1. The SMILES string of the molecule is CCCNC(=O)c1cccc(CN2CCN(c3ccc(F)cc3)CC2)c1. The average Bonchev–Trinajstić information content (AvgIpc) is 2.67. The number of nitrogens with zero attached hydrogens (tertiary/aromatic N) is 2. The normalized spacial score (nSPS) is 15.1. The quantitative estimate of drug-likeness (QED) is 0.864. The zero-order valence-electron chi connectivity index (χ0n) is 15.2. The molecule has 1 N–H and O–H groups in total. The zero-order valence-corrected chi connectivity index (χ0v) is 15.2. The molecule has 1 heterocycles. The Labute approximate surface area is 154 Å².